The maximum atomic E-state index is 6.47. The van der Waals surface area contributed by atoms with Crippen molar-refractivity contribution < 1.29 is 4.74 Å². The molecule has 1 aliphatic rings. The predicted molar refractivity (Wildman–Crippen MR) is 84.0 cm³/mol. The minimum absolute atomic E-state index is 0.145. The van der Waals surface area contributed by atoms with Crippen LogP contribution < -0.4 is 10.5 Å². The summed E-state index contributed by atoms with van der Waals surface area (Å²) in [4.78, 5) is 2.58. The van der Waals surface area contributed by atoms with Gasteiger partial charge in [-0.15, -0.1) is 0 Å². The van der Waals surface area contributed by atoms with Crippen molar-refractivity contribution in [1.29, 1.82) is 0 Å². The fourth-order valence-electron chi connectivity index (χ4n) is 3.32. The Balaban J connectivity index is 2.36. The number of likely N-dealkylation sites (tertiary alicyclic amines) is 1. The lowest BCUT2D eigenvalue weighted by Gasteiger charge is -2.42. The molecule has 0 bridgehead atoms. The van der Waals surface area contributed by atoms with E-state index in [1.54, 1.807) is 7.11 Å². The fraction of sp³-hybridized carbons (Fsp3) is 0.647. The number of benzene rings is 1. The van der Waals surface area contributed by atoms with Crippen molar-refractivity contribution in [2.24, 2.45) is 5.73 Å². The molecule has 1 aromatic rings. The number of hydrogen-bond acceptors (Lipinski definition) is 3. The van der Waals surface area contributed by atoms with Crippen LogP contribution in [0.1, 0.15) is 51.1 Å². The van der Waals surface area contributed by atoms with Crippen LogP contribution in [0.3, 0.4) is 0 Å². The summed E-state index contributed by atoms with van der Waals surface area (Å²) < 4.78 is 5.56. The fourth-order valence-corrected chi connectivity index (χ4v) is 3.32. The average molecular weight is 276 g/mol. The first-order valence-corrected chi connectivity index (χ1v) is 7.83. The van der Waals surface area contributed by atoms with Gasteiger partial charge >= 0.3 is 0 Å². The number of para-hydroxylation sites is 1. The molecule has 2 rings (SSSR count). The first kappa shape index (κ1) is 15.3. The van der Waals surface area contributed by atoms with Crippen molar-refractivity contribution in [1.82, 2.24) is 4.90 Å². The molecule has 0 aliphatic carbocycles. The summed E-state index contributed by atoms with van der Waals surface area (Å²) in [5, 5.41) is 0. The highest BCUT2D eigenvalue weighted by molar-refractivity contribution is 5.37. The zero-order valence-corrected chi connectivity index (χ0v) is 13.0. The third-order valence-corrected chi connectivity index (χ3v) is 4.55. The van der Waals surface area contributed by atoms with Crippen LogP contribution in [0.15, 0.2) is 24.3 Å². The second-order valence-electron chi connectivity index (χ2n) is 5.84. The summed E-state index contributed by atoms with van der Waals surface area (Å²) in [6.45, 7) is 5.63. The Morgan fingerprint density at radius 1 is 1.35 bits per heavy atom. The van der Waals surface area contributed by atoms with Gasteiger partial charge in [-0.3, -0.25) is 4.90 Å². The van der Waals surface area contributed by atoms with Crippen molar-refractivity contribution in [3.05, 3.63) is 29.8 Å². The van der Waals surface area contributed by atoms with Crippen molar-refractivity contribution in [2.75, 3.05) is 13.7 Å². The van der Waals surface area contributed by atoms with Gasteiger partial charge in [-0.1, -0.05) is 31.5 Å². The molecule has 0 radical (unpaired) electrons. The van der Waals surface area contributed by atoms with E-state index in [-0.39, 0.29) is 12.1 Å². The van der Waals surface area contributed by atoms with Gasteiger partial charge in [-0.2, -0.15) is 0 Å². The molecule has 0 saturated carbocycles. The van der Waals surface area contributed by atoms with Gasteiger partial charge < -0.3 is 10.5 Å². The van der Waals surface area contributed by atoms with Crippen molar-refractivity contribution in [3.8, 4) is 5.75 Å². The van der Waals surface area contributed by atoms with E-state index in [9.17, 15) is 0 Å². The van der Waals surface area contributed by atoms with Crippen LogP contribution in [0, 0.1) is 0 Å². The quantitative estimate of drug-likeness (QED) is 0.896. The number of rotatable bonds is 5. The number of methoxy groups -OCH3 is 1. The van der Waals surface area contributed by atoms with E-state index in [2.05, 4.69) is 30.9 Å². The highest BCUT2D eigenvalue weighted by atomic mass is 16.5. The van der Waals surface area contributed by atoms with E-state index >= 15 is 0 Å². The number of nitrogens with zero attached hydrogens (tertiary/aromatic N) is 1. The molecule has 1 fully saturated rings. The summed E-state index contributed by atoms with van der Waals surface area (Å²) in [6, 6.07) is 9.31. The minimum Gasteiger partial charge on any atom is -0.496 e. The number of ether oxygens (including phenoxy) is 1. The van der Waals surface area contributed by atoms with Gasteiger partial charge in [0.05, 0.1) is 13.2 Å². The second kappa shape index (κ2) is 7.09. The van der Waals surface area contributed by atoms with Crippen LogP contribution in [0.4, 0.5) is 0 Å². The van der Waals surface area contributed by atoms with E-state index in [0.717, 1.165) is 18.7 Å². The lowest BCUT2D eigenvalue weighted by atomic mass is 9.91. The summed E-state index contributed by atoms with van der Waals surface area (Å²) in [6.07, 6.45) is 4.85. The van der Waals surface area contributed by atoms with Gasteiger partial charge in [0, 0.05) is 17.6 Å². The lowest BCUT2D eigenvalue weighted by molar-refractivity contribution is 0.0864. The molecule has 3 heteroatoms. The van der Waals surface area contributed by atoms with E-state index in [1.165, 1.54) is 24.8 Å². The highest BCUT2D eigenvalue weighted by Gasteiger charge is 2.32. The molecule has 1 saturated heterocycles. The summed E-state index contributed by atoms with van der Waals surface area (Å²) in [5.41, 5.74) is 7.70. The maximum Gasteiger partial charge on any atom is 0.123 e. The zero-order valence-electron chi connectivity index (χ0n) is 13.0. The maximum absolute atomic E-state index is 6.47. The molecule has 1 aliphatic heterocycles. The normalized spacial score (nSPS) is 23.3. The van der Waals surface area contributed by atoms with E-state index in [0.29, 0.717) is 6.04 Å². The van der Waals surface area contributed by atoms with Crippen molar-refractivity contribution >= 4 is 0 Å². The number of hydrogen-bond donors (Lipinski definition) is 1. The summed E-state index contributed by atoms with van der Waals surface area (Å²) >= 11 is 0. The van der Waals surface area contributed by atoms with E-state index in [1.807, 2.05) is 12.1 Å². The molecule has 1 heterocycles. The lowest BCUT2D eigenvalue weighted by Crippen LogP contribution is -2.47. The molecule has 20 heavy (non-hydrogen) atoms. The molecule has 2 N–H and O–H groups in total. The molecule has 3 unspecified atom stereocenters. The van der Waals surface area contributed by atoms with Gasteiger partial charge in [0.1, 0.15) is 5.75 Å². The number of piperidine rings is 1. The van der Waals surface area contributed by atoms with Crippen LogP contribution >= 0.6 is 0 Å². The molecule has 3 atom stereocenters. The minimum atomic E-state index is 0.145. The van der Waals surface area contributed by atoms with Gasteiger partial charge in [0.2, 0.25) is 0 Å². The van der Waals surface area contributed by atoms with Crippen LogP contribution in [-0.4, -0.2) is 30.6 Å². The van der Waals surface area contributed by atoms with Gasteiger partial charge in [0.15, 0.2) is 0 Å². The summed E-state index contributed by atoms with van der Waals surface area (Å²) in [7, 11) is 1.74. The first-order chi connectivity index (χ1) is 9.69. The Labute approximate surface area is 123 Å². The third kappa shape index (κ3) is 3.15. The molecule has 3 nitrogen and oxygen atoms in total. The molecule has 0 spiro atoms. The zero-order chi connectivity index (χ0) is 14.5. The van der Waals surface area contributed by atoms with E-state index in [4.69, 9.17) is 10.5 Å². The monoisotopic (exact) mass is 276 g/mol. The van der Waals surface area contributed by atoms with Gasteiger partial charge in [-0.25, -0.2) is 0 Å². The molecule has 0 amide bonds. The predicted octanol–water partition coefficient (Wildman–Crippen LogP) is 3.35. The topological polar surface area (TPSA) is 38.5 Å². The Morgan fingerprint density at radius 2 is 2.10 bits per heavy atom. The molecular formula is C17H28N2O. The SMILES string of the molecule is CCC(N)C(c1ccccc1OC)N1CCCCC1C. The Hall–Kier alpha value is -1.06. The number of nitrogens with two attached hydrogens (primary N) is 1. The van der Waals surface area contributed by atoms with Crippen molar-refractivity contribution in [3.63, 3.8) is 0 Å². The third-order valence-electron chi connectivity index (χ3n) is 4.55. The second-order valence-corrected chi connectivity index (χ2v) is 5.84. The van der Waals surface area contributed by atoms with Crippen LogP contribution in [0.2, 0.25) is 0 Å². The van der Waals surface area contributed by atoms with Crippen LogP contribution in [0.25, 0.3) is 0 Å². The standard InChI is InChI=1S/C17H28N2O/c1-4-15(18)17(19-12-8-7-9-13(19)2)14-10-5-6-11-16(14)20-3/h5-6,10-11,13,15,17H,4,7-9,12,18H2,1-3H3. The molecule has 1 aromatic carbocycles. The van der Waals surface area contributed by atoms with Crippen LogP contribution in [0.5, 0.6) is 5.75 Å². The largest absolute Gasteiger partial charge is 0.496 e. The smallest absolute Gasteiger partial charge is 0.123 e. The van der Waals surface area contributed by atoms with E-state index < -0.39 is 0 Å². The summed E-state index contributed by atoms with van der Waals surface area (Å²) in [5.74, 6) is 0.958. The Morgan fingerprint density at radius 3 is 2.75 bits per heavy atom. The van der Waals surface area contributed by atoms with Gasteiger partial charge in [-0.05, 0) is 38.8 Å². The molecular weight excluding hydrogens is 248 g/mol. The van der Waals surface area contributed by atoms with Gasteiger partial charge in [0.25, 0.3) is 0 Å². The molecule has 112 valence electrons. The Kier molecular flexibility index (Phi) is 5.44. The molecule has 0 aromatic heterocycles. The van der Waals surface area contributed by atoms with Crippen molar-refractivity contribution in [2.45, 2.75) is 57.7 Å². The van der Waals surface area contributed by atoms with Crippen LogP contribution in [-0.2, 0) is 0 Å². The Bertz CT molecular complexity index is 421. The average Bonchev–Trinajstić information content (AvgIpc) is 2.49. The highest BCUT2D eigenvalue weighted by Crippen LogP contribution is 2.35. The first-order valence-electron chi connectivity index (χ1n) is 7.83.